The van der Waals surface area contributed by atoms with Gasteiger partial charge in [-0.25, -0.2) is 8.78 Å². The topological polar surface area (TPSA) is 21.3 Å². The van der Waals surface area contributed by atoms with Gasteiger partial charge in [-0.3, -0.25) is 0 Å². The third kappa shape index (κ3) is 3.52. The highest BCUT2D eigenvalue weighted by atomic mass is 35.5. The van der Waals surface area contributed by atoms with Crippen molar-refractivity contribution in [3.8, 4) is 11.5 Å². The van der Waals surface area contributed by atoms with Crippen LogP contribution in [0, 0.1) is 18.6 Å². The van der Waals surface area contributed by atoms with E-state index in [1.807, 2.05) is 6.92 Å². The Balaban J connectivity index is 2.45. The Morgan fingerprint density at radius 1 is 1.14 bits per heavy atom. The van der Waals surface area contributed by atoms with Crippen molar-refractivity contribution >= 4 is 11.6 Å². The molecule has 2 rings (SSSR count). The zero-order valence-electron chi connectivity index (χ0n) is 12.0. The molecule has 0 aliphatic carbocycles. The summed E-state index contributed by atoms with van der Waals surface area (Å²) in [5.41, 5.74) is 1.14. The summed E-state index contributed by atoms with van der Waals surface area (Å²) in [6.07, 6.45) is 0. The Morgan fingerprint density at radius 3 is 2.48 bits per heavy atom. The predicted octanol–water partition coefficient (Wildman–Crippen LogP) is 5.00. The highest BCUT2D eigenvalue weighted by molar-refractivity contribution is 6.32. The fraction of sp³-hybridized carbons (Fsp3) is 0.250. The second-order valence-electron chi connectivity index (χ2n) is 4.83. The number of benzene rings is 2. The van der Waals surface area contributed by atoms with Gasteiger partial charge in [-0.2, -0.15) is 0 Å². The van der Waals surface area contributed by atoms with E-state index in [9.17, 15) is 8.78 Å². The van der Waals surface area contributed by atoms with E-state index in [0.717, 1.165) is 0 Å². The van der Waals surface area contributed by atoms with Crippen LogP contribution in [0.15, 0.2) is 30.3 Å². The van der Waals surface area contributed by atoms with E-state index in [4.69, 9.17) is 16.3 Å². The Bertz CT molecular complexity index is 661. The summed E-state index contributed by atoms with van der Waals surface area (Å²) in [5.74, 6) is 0.0778. The van der Waals surface area contributed by atoms with Gasteiger partial charge >= 0.3 is 0 Å². The minimum Gasteiger partial charge on any atom is -0.455 e. The third-order valence-corrected chi connectivity index (χ3v) is 3.60. The standard InChI is InChI=1S/C16H16ClF2NO/c1-9-6-16(12(8-14(9)19)10(2)20-3)21-15-5-4-11(18)7-13(15)17/h4-8,10,20H,1-3H3. The van der Waals surface area contributed by atoms with Gasteiger partial charge in [0, 0.05) is 11.6 Å². The highest BCUT2D eigenvalue weighted by Crippen LogP contribution is 2.35. The maximum Gasteiger partial charge on any atom is 0.146 e. The van der Waals surface area contributed by atoms with Crippen LogP contribution in [0.4, 0.5) is 8.78 Å². The van der Waals surface area contributed by atoms with Crippen molar-refractivity contribution in [1.82, 2.24) is 5.32 Å². The minimum atomic E-state index is -0.438. The van der Waals surface area contributed by atoms with E-state index in [1.165, 1.54) is 24.3 Å². The lowest BCUT2D eigenvalue weighted by molar-refractivity contribution is 0.461. The van der Waals surface area contributed by atoms with Crippen LogP contribution in [0.5, 0.6) is 11.5 Å². The number of halogens is 3. The number of hydrogen-bond donors (Lipinski definition) is 1. The molecule has 0 fully saturated rings. The van der Waals surface area contributed by atoms with Crippen molar-refractivity contribution < 1.29 is 13.5 Å². The number of ether oxygens (including phenoxy) is 1. The molecule has 1 unspecified atom stereocenters. The van der Waals surface area contributed by atoms with Crippen molar-refractivity contribution in [2.45, 2.75) is 19.9 Å². The number of rotatable bonds is 4. The first kappa shape index (κ1) is 15.7. The van der Waals surface area contributed by atoms with Gasteiger partial charge in [0.05, 0.1) is 5.02 Å². The van der Waals surface area contributed by atoms with E-state index < -0.39 is 5.82 Å². The van der Waals surface area contributed by atoms with Gasteiger partial charge in [0.25, 0.3) is 0 Å². The molecule has 2 aromatic rings. The average molecular weight is 312 g/mol. The molecule has 0 aromatic heterocycles. The fourth-order valence-electron chi connectivity index (χ4n) is 1.93. The third-order valence-electron chi connectivity index (χ3n) is 3.30. The quantitative estimate of drug-likeness (QED) is 0.858. The van der Waals surface area contributed by atoms with Crippen LogP contribution in [0.1, 0.15) is 24.1 Å². The second-order valence-corrected chi connectivity index (χ2v) is 5.23. The smallest absolute Gasteiger partial charge is 0.146 e. The van der Waals surface area contributed by atoms with E-state index in [1.54, 1.807) is 20.0 Å². The maximum absolute atomic E-state index is 13.8. The predicted molar refractivity (Wildman–Crippen MR) is 80.1 cm³/mol. The Kier molecular flexibility index (Phi) is 4.80. The second kappa shape index (κ2) is 6.41. The fourth-order valence-corrected chi connectivity index (χ4v) is 2.13. The Morgan fingerprint density at radius 2 is 1.86 bits per heavy atom. The molecule has 112 valence electrons. The first-order valence-corrected chi connectivity index (χ1v) is 6.90. The van der Waals surface area contributed by atoms with Crippen molar-refractivity contribution in [2.75, 3.05) is 7.05 Å². The van der Waals surface area contributed by atoms with E-state index in [-0.39, 0.29) is 16.9 Å². The van der Waals surface area contributed by atoms with Crippen LogP contribution in [-0.4, -0.2) is 7.05 Å². The molecule has 0 spiro atoms. The molecule has 0 saturated heterocycles. The molecule has 0 bridgehead atoms. The van der Waals surface area contributed by atoms with Crippen LogP contribution in [0.3, 0.4) is 0 Å². The molecule has 0 aliphatic heterocycles. The molecular formula is C16H16ClF2NO. The molecule has 0 heterocycles. The molecule has 1 N–H and O–H groups in total. The molecule has 0 saturated carbocycles. The lowest BCUT2D eigenvalue weighted by Crippen LogP contribution is -2.13. The largest absolute Gasteiger partial charge is 0.455 e. The van der Waals surface area contributed by atoms with Crippen molar-refractivity contribution in [3.63, 3.8) is 0 Å². The molecule has 0 radical (unpaired) electrons. The van der Waals surface area contributed by atoms with Gasteiger partial charge in [-0.1, -0.05) is 11.6 Å². The molecule has 1 atom stereocenters. The summed E-state index contributed by atoms with van der Waals surface area (Å²) in [7, 11) is 1.77. The Labute approximate surface area is 127 Å². The van der Waals surface area contributed by atoms with Gasteiger partial charge in [0.1, 0.15) is 23.1 Å². The molecule has 0 aliphatic rings. The summed E-state index contributed by atoms with van der Waals surface area (Å²) < 4.78 is 32.6. The summed E-state index contributed by atoms with van der Waals surface area (Å²) in [5, 5.41) is 3.20. The zero-order chi connectivity index (χ0) is 15.6. The molecule has 5 heteroatoms. The highest BCUT2D eigenvalue weighted by Gasteiger charge is 2.15. The van der Waals surface area contributed by atoms with E-state index in [2.05, 4.69) is 5.32 Å². The van der Waals surface area contributed by atoms with Crippen molar-refractivity contribution in [2.24, 2.45) is 0 Å². The molecule has 0 amide bonds. The molecular weight excluding hydrogens is 296 g/mol. The lowest BCUT2D eigenvalue weighted by Gasteiger charge is -2.18. The summed E-state index contributed by atoms with van der Waals surface area (Å²) in [4.78, 5) is 0. The first-order chi connectivity index (χ1) is 9.92. The van der Waals surface area contributed by atoms with Crippen LogP contribution in [-0.2, 0) is 0 Å². The normalized spacial score (nSPS) is 12.3. The summed E-state index contributed by atoms with van der Waals surface area (Å²) in [6.45, 7) is 3.55. The van der Waals surface area contributed by atoms with Crippen LogP contribution in [0.25, 0.3) is 0 Å². The van der Waals surface area contributed by atoms with E-state index in [0.29, 0.717) is 22.6 Å². The SMILES string of the molecule is CNC(C)c1cc(F)c(C)cc1Oc1ccc(F)cc1Cl. The lowest BCUT2D eigenvalue weighted by atomic mass is 10.0. The van der Waals surface area contributed by atoms with Gasteiger partial charge in [0.2, 0.25) is 0 Å². The van der Waals surface area contributed by atoms with Gasteiger partial charge in [-0.05, 0) is 56.8 Å². The molecule has 2 nitrogen and oxygen atoms in total. The minimum absolute atomic E-state index is 0.102. The van der Waals surface area contributed by atoms with E-state index >= 15 is 0 Å². The van der Waals surface area contributed by atoms with Crippen molar-refractivity contribution in [3.05, 3.63) is 58.1 Å². The number of aryl methyl sites for hydroxylation is 1. The monoisotopic (exact) mass is 311 g/mol. The number of nitrogens with one attached hydrogen (secondary N) is 1. The Hall–Kier alpha value is -1.65. The first-order valence-electron chi connectivity index (χ1n) is 6.52. The van der Waals surface area contributed by atoms with Gasteiger partial charge < -0.3 is 10.1 Å². The van der Waals surface area contributed by atoms with Crippen LogP contribution < -0.4 is 10.1 Å². The average Bonchev–Trinajstić information content (AvgIpc) is 2.44. The summed E-state index contributed by atoms with van der Waals surface area (Å²) in [6, 6.07) is 6.83. The maximum atomic E-state index is 13.8. The zero-order valence-corrected chi connectivity index (χ0v) is 12.8. The number of hydrogen-bond acceptors (Lipinski definition) is 2. The van der Waals surface area contributed by atoms with Crippen LogP contribution >= 0.6 is 11.6 Å². The van der Waals surface area contributed by atoms with Gasteiger partial charge in [-0.15, -0.1) is 0 Å². The summed E-state index contributed by atoms with van der Waals surface area (Å²) >= 11 is 5.96. The van der Waals surface area contributed by atoms with Gasteiger partial charge in [0.15, 0.2) is 0 Å². The van der Waals surface area contributed by atoms with Crippen molar-refractivity contribution in [1.29, 1.82) is 0 Å². The molecule has 21 heavy (non-hydrogen) atoms. The van der Waals surface area contributed by atoms with Crippen LogP contribution in [0.2, 0.25) is 5.02 Å². The molecule has 2 aromatic carbocycles.